The van der Waals surface area contributed by atoms with Crippen LogP contribution in [0, 0.1) is 0 Å². The second kappa shape index (κ2) is 6.61. The van der Waals surface area contributed by atoms with Gasteiger partial charge in [0, 0.05) is 11.1 Å². The van der Waals surface area contributed by atoms with Gasteiger partial charge in [0.15, 0.2) is 0 Å². The maximum atomic E-state index is 11.6. The minimum absolute atomic E-state index is 0.0519. The quantitative estimate of drug-likeness (QED) is 0.841. The number of nitrogens with one attached hydrogen (secondary N) is 2. The van der Waals surface area contributed by atoms with Gasteiger partial charge in [-0.25, -0.2) is 0 Å². The van der Waals surface area contributed by atoms with Crippen LogP contribution < -0.4 is 10.6 Å². The van der Waals surface area contributed by atoms with Crippen LogP contribution in [-0.2, 0) is 9.59 Å². The summed E-state index contributed by atoms with van der Waals surface area (Å²) in [7, 11) is 0. The molecule has 0 saturated heterocycles. The van der Waals surface area contributed by atoms with Gasteiger partial charge in [-0.3, -0.25) is 9.59 Å². The van der Waals surface area contributed by atoms with Crippen molar-refractivity contribution in [1.82, 2.24) is 5.32 Å². The van der Waals surface area contributed by atoms with Crippen LogP contribution in [0.3, 0.4) is 0 Å². The molecule has 0 fully saturated rings. The summed E-state index contributed by atoms with van der Waals surface area (Å²) in [6.07, 6.45) is 0.751. The van der Waals surface area contributed by atoms with Gasteiger partial charge in [-0.2, -0.15) is 0 Å². The third-order valence-corrected chi connectivity index (χ3v) is 2.92. The first-order valence-corrected chi connectivity index (χ1v) is 6.26. The number of hydrogen-bond donors (Lipinski definition) is 2. The van der Waals surface area contributed by atoms with Crippen molar-refractivity contribution in [3.63, 3.8) is 0 Å². The van der Waals surface area contributed by atoms with E-state index in [2.05, 4.69) is 10.6 Å². The molecule has 0 heterocycles. The Morgan fingerprint density at radius 3 is 2.50 bits per heavy atom. The highest BCUT2D eigenvalue weighted by Crippen LogP contribution is 2.25. The third kappa shape index (κ3) is 4.20. The van der Waals surface area contributed by atoms with Crippen molar-refractivity contribution >= 4 is 40.7 Å². The molecule has 98 valence electrons. The summed E-state index contributed by atoms with van der Waals surface area (Å²) in [5.74, 6) is -1.44. The zero-order chi connectivity index (χ0) is 13.7. The number of rotatable bonds is 3. The molecule has 0 aliphatic heterocycles. The third-order valence-electron chi connectivity index (χ3n) is 2.38. The van der Waals surface area contributed by atoms with Gasteiger partial charge in [-0.15, -0.1) is 0 Å². The molecule has 1 rings (SSSR count). The summed E-state index contributed by atoms with van der Waals surface area (Å²) < 4.78 is 0. The van der Waals surface area contributed by atoms with Gasteiger partial charge in [0.1, 0.15) is 0 Å². The highest BCUT2D eigenvalue weighted by atomic mass is 35.5. The standard InChI is InChI=1S/C12H14Cl2N2O2/c1-3-7(2)15-11(17)12(18)16-10-5-4-8(13)6-9(10)14/h4-7H,3H2,1-2H3,(H,15,17)(H,16,18). The topological polar surface area (TPSA) is 58.2 Å². The lowest BCUT2D eigenvalue weighted by Crippen LogP contribution is -2.40. The molecule has 0 bridgehead atoms. The Bertz CT molecular complexity index is 463. The van der Waals surface area contributed by atoms with Crippen molar-refractivity contribution in [2.24, 2.45) is 0 Å². The molecule has 2 amide bonds. The number of hydrogen-bond acceptors (Lipinski definition) is 2. The Morgan fingerprint density at radius 2 is 1.94 bits per heavy atom. The lowest BCUT2D eigenvalue weighted by molar-refractivity contribution is -0.136. The molecule has 18 heavy (non-hydrogen) atoms. The van der Waals surface area contributed by atoms with Crippen LogP contribution in [0.1, 0.15) is 20.3 Å². The van der Waals surface area contributed by atoms with Gasteiger partial charge in [-0.1, -0.05) is 30.1 Å². The Morgan fingerprint density at radius 1 is 1.28 bits per heavy atom. The van der Waals surface area contributed by atoms with Crippen LogP contribution in [0.4, 0.5) is 5.69 Å². The Kier molecular flexibility index (Phi) is 5.44. The van der Waals surface area contributed by atoms with E-state index in [0.717, 1.165) is 6.42 Å². The molecule has 1 aromatic rings. The summed E-state index contributed by atoms with van der Waals surface area (Å²) in [6.45, 7) is 3.74. The average molecular weight is 289 g/mol. The molecule has 4 nitrogen and oxygen atoms in total. The molecule has 0 saturated carbocycles. The summed E-state index contributed by atoms with van der Waals surface area (Å²) in [5, 5.41) is 5.73. The van der Waals surface area contributed by atoms with Crippen LogP contribution in [0.2, 0.25) is 10.0 Å². The summed E-state index contributed by atoms with van der Waals surface area (Å²) in [5.41, 5.74) is 0.352. The highest BCUT2D eigenvalue weighted by molar-refractivity contribution is 6.42. The van der Waals surface area contributed by atoms with Crippen molar-refractivity contribution < 1.29 is 9.59 Å². The second-order valence-electron chi connectivity index (χ2n) is 3.86. The van der Waals surface area contributed by atoms with Crippen LogP contribution >= 0.6 is 23.2 Å². The van der Waals surface area contributed by atoms with Gasteiger partial charge in [0.2, 0.25) is 0 Å². The summed E-state index contributed by atoms with van der Waals surface area (Å²) in [4.78, 5) is 23.1. The fraction of sp³-hybridized carbons (Fsp3) is 0.333. The number of halogens is 2. The number of amides is 2. The van der Waals surface area contributed by atoms with E-state index >= 15 is 0 Å². The molecule has 0 aliphatic rings. The molecular weight excluding hydrogens is 275 g/mol. The van der Waals surface area contributed by atoms with E-state index in [1.807, 2.05) is 13.8 Å². The second-order valence-corrected chi connectivity index (χ2v) is 4.70. The zero-order valence-electron chi connectivity index (χ0n) is 10.1. The number of anilines is 1. The van der Waals surface area contributed by atoms with Gasteiger partial charge >= 0.3 is 11.8 Å². The van der Waals surface area contributed by atoms with Gasteiger partial charge in [-0.05, 0) is 31.5 Å². The van der Waals surface area contributed by atoms with E-state index < -0.39 is 11.8 Å². The van der Waals surface area contributed by atoms with Crippen LogP contribution in [0.15, 0.2) is 18.2 Å². The lowest BCUT2D eigenvalue weighted by Gasteiger charge is -2.11. The molecule has 0 aromatic heterocycles. The molecule has 1 unspecified atom stereocenters. The minimum Gasteiger partial charge on any atom is -0.345 e. The van der Waals surface area contributed by atoms with Crippen LogP contribution in [0.5, 0.6) is 0 Å². The van der Waals surface area contributed by atoms with Crippen molar-refractivity contribution in [3.8, 4) is 0 Å². The Hall–Kier alpha value is -1.26. The van der Waals surface area contributed by atoms with E-state index in [0.29, 0.717) is 10.7 Å². The predicted octanol–water partition coefficient (Wildman–Crippen LogP) is 2.85. The van der Waals surface area contributed by atoms with Crippen LogP contribution in [-0.4, -0.2) is 17.9 Å². The smallest absolute Gasteiger partial charge is 0.313 e. The summed E-state index contributed by atoms with van der Waals surface area (Å²) >= 11 is 11.6. The van der Waals surface area contributed by atoms with E-state index in [4.69, 9.17) is 23.2 Å². The molecular formula is C12H14Cl2N2O2. The maximum Gasteiger partial charge on any atom is 0.313 e. The first-order chi connectivity index (χ1) is 8.43. The number of carbonyl (C=O) groups excluding carboxylic acids is 2. The molecule has 1 atom stereocenters. The van der Waals surface area contributed by atoms with E-state index in [9.17, 15) is 9.59 Å². The molecule has 0 aliphatic carbocycles. The van der Waals surface area contributed by atoms with Crippen LogP contribution in [0.25, 0.3) is 0 Å². The van der Waals surface area contributed by atoms with Crippen molar-refractivity contribution in [2.75, 3.05) is 5.32 Å². The Balaban J connectivity index is 2.67. The van der Waals surface area contributed by atoms with E-state index in [-0.39, 0.29) is 11.1 Å². The highest BCUT2D eigenvalue weighted by Gasteiger charge is 2.16. The molecule has 1 aromatic carbocycles. The lowest BCUT2D eigenvalue weighted by atomic mass is 10.2. The average Bonchev–Trinajstić information content (AvgIpc) is 2.32. The number of benzene rings is 1. The first kappa shape index (κ1) is 14.8. The van der Waals surface area contributed by atoms with E-state index in [1.165, 1.54) is 6.07 Å². The number of carbonyl (C=O) groups is 2. The summed E-state index contributed by atoms with van der Waals surface area (Å²) in [6, 6.07) is 4.56. The largest absolute Gasteiger partial charge is 0.345 e. The molecule has 0 radical (unpaired) electrons. The fourth-order valence-electron chi connectivity index (χ4n) is 1.16. The van der Waals surface area contributed by atoms with Crippen molar-refractivity contribution in [1.29, 1.82) is 0 Å². The van der Waals surface area contributed by atoms with Gasteiger partial charge in [0.25, 0.3) is 0 Å². The normalized spacial score (nSPS) is 11.8. The van der Waals surface area contributed by atoms with E-state index in [1.54, 1.807) is 12.1 Å². The molecule has 0 spiro atoms. The van der Waals surface area contributed by atoms with Crippen molar-refractivity contribution in [3.05, 3.63) is 28.2 Å². The molecule has 6 heteroatoms. The predicted molar refractivity (Wildman–Crippen MR) is 73.0 cm³/mol. The fourth-order valence-corrected chi connectivity index (χ4v) is 1.62. The minimum atomic E-state index is -0.750. The SMILES string of the molecule is CCC(C)NC(=O)C(=O)Nc1ccc(Cl)cc1Cl. The zero-order valence-corrected chi connectivity index (χ0v) is 11.6. The van der Waals surface area contributed by atoms with Gasteiger partial charge < -0.3 is 10.6 Å². The van der Waals surface area contributed by atoms with Crippen molar-refractivity contribution in [2.45, 2.75) is 26.3 Å². The maximum absolute atomic E-state index is 11.6. The first-order valence-electron chi connectivity index (χ1n) is 5.51. The molecule has 2 N–H and O–H groups in total. The Labute approximate surface area is 116 Å². The monoisotopic (exact) mass is 288 g/mol. The van der Waals surface area contributed by atoms with Gasteiger partial charge in [0.05, 0.1) is 10.7 Å².